The summed E-state index contributed by atoms with van der Waals surface area (Å²) in [5.74, 6) is 0.346. The van der Waals surface area contributed by atoms with Crippen LogP contribution in [0.3, 0.4) is 0 Å². The van der Waals surface area contributed by atoms with E-state index in [9.17, 15) is 9.59 Å². The predicted molar refractivity (Wildman–Crippen MR) is 101 cm³/mol. The van der Waals surface area contributed by atoms with Gasteiger partial charge in [0.25, 0.3) is 0 Å². The standard InChI is InChI=1S/C22H34O4/c1-8-20(5)11-9-16-21(6,26-20)12-10-15-19(3,4)17(24)13-18(22(15,16)7)25-14(2)23/h8,15-16,18H,1,9-13H2,2-7H3/t15-,16-,18+,20+,21+,22-/m1/s1. The summed E-state index contributed by atoms with van der Waals surface area (Å²) in [6.45, 7) is 16.1. The number of hydrogen-bond acceptors (Lipinski definition) is 4. The number of esters is 1. The van der Waals surface area contributed by atoms with Gasteiger partial charge in [-0.05, 0) is 51.4 Å². The highest BCUT2D eigenvalue weighted by molar-refractivity contribution is 5.86. The van der Waals surface area contributed by atoms with Crippen molar-refractivity contribution < 1.29 is 19.1 Å². The molecule has 1 heterocycles. The van der Waals surface area contributed by atoms with Gasteiger partial charge >= 0.3 is 5.97 Å². The first-order valence-corrected chi connectivity index (χ1v) is 9.93. The molecule has 0 amide bonds. The van der Waals surface area contributed by atoms with Gasteiger partial charge in [-0.2, -0.15) is 0 Å². The second kappa shape index (κ2) is 5.92. The van der Waals surface area contributed by atoms with Crippen molar-refractivity contribution >= 4 is 11.8 Å². The molecule has 26 heavy (non-hydrogen) atoms. The number of fused-ring (bicyclic) bond motifs is 3. The van der Waals surface area contributed by atoms with Gasteiger partial charge in [0, 0.05) is 24.2 Å². The minimum Gasteiger partial charge on any atom is -0.461 e. The summed E-state index contributed by atoms with van der Waals surface area (Å²) in [6.07, 6.45) is 5.59. The summed E-state index contributed by atoms with van der Waals surface area (Å²) in [5, 5.41) is 0. The Morgan fingerprint density at radius 1 is 1.15 bits per heavy atom. The molecule has 3 fully saturated rings. The second-order valence-corrected chi connectivity index (χ2v) is 9.93. The second-order valence-electron chi connectivity index (χ2n) is 9.93. The van der Waals surface area contributed by atoms with Gasteiger partial charge in [0.05, 0.1) is 11.2 Å². The van der Waals surface area contributed by atoms with Crippen molar-refractivity contribution in [3.05, 3.63) is 12.7 Å². The lowest BCUT2D eigenvalue weighted by atomic mass is 9.43. The van der Waals surface area contributed by atoms with Crippen molar-refractivity contribution in [2.75, 3.05) is 0 Å². The first kappa shape index (κ1) is 19.6. The molecule has 4 nitrogen and oxygen atoms in total. The summed E-state index contributed by atoms with van der Waals surface area (Å²) in [5.41, 5.74) is -1.27. The number of hydrogen-bond donors (Lipinski definition) is 0. The molecule has 4 heteroatoms. The minimum absolute atomic E-state index is 0.190. The Hall–Kier alpha value is -1.16. The number of ketones is 1. The van der Waals surface area contributed by atoms with E-state index < -0.39 is 5.41 Å². The van der Waals surface area contributed by atoms with Gasteiger partial charge in [0.1, 0.15) is 11.9 Å². The van der Waals surface area contributed by atoms with Crippen LogP contribution < -0.4 is 0 Å². The Morgan fingerprint density at radius 3 is 2.35 bits per heavy atom. The van der Waals surface area contributed by atoms with E-state index in [1.54, 1.807) is 0 Å². The predicted octanol–water partition coefficient (Wildman–Crippen LogP) is 4.46. The number of carbonyl (C=O) groups excluding carboxylic acids is 2. The van der Waals surface area contributed by atoms with E-state index in [0.717, 1.165) is 25.7 Å². The lowest BCUT2D eigenvalue weighted by molar-refractivity contribution is -0.271. The van der Waals surface area contributed by atoms with E-state index >= 15 is 0 Å². The fourth-order valence-electron chi connectivity index (χ4n) is 6.52. The van der Waals surface area contributed by atoms with Gasteiger partial charge in [0.15, 0.2) is 0 Å². The zero-order valence-electron chi connectivity index (χ0n) is 17.2. The molecule has 1 aliphatic heterocycles. The van der Waals surface area contributed by atoms with E-state index in [2.05, 4.69) is 41.2 Å². The summed E-state index contributed by atoms with van der Waals surface area (Å²) in [4.78, 5) is 24.7. The van der Waals surface area contributed by atoms with Crippen LogP contribution in [0.2, 0.25) is 0 Å². The van der Waals surface area contributed by atoms with Gasteiger partial charge in [0.2, 0.25) is 0 Å². The normalized spacial score (nSPS) is 47.5. The minimum atomic E-state index is -0.397. The van der Waals surface area contributed by atoms with Crippen LogP contribution >= 0.6 is 0 Å². The average Bonchev–Trinajstić information content (AvgIpc) is 2.51. The molecule has 0 radical (unpaired) electrons. The summed E-state index contributed by atoms with van der Waals surface area (Å²) >= 11 is 0. The van der Waals surface area contributed by atoms with Crippen molar-refractivity contribution in [2.45, 2.75) is 91.0 Å². The molecule has 0 aromatic heterocycles. The third kappa shape index (κ3) is 2.67. The lowest BCUT2D eigenvalue weighted by Crippen LogP contribution is -2.68. The molecule has 0 unspecified atom stereocenters. The smallest absolute Gasteiger partial charge is 0.302 e. The first-order chi connectivity index (χ1) is 11.9. The molecular formula is C22H34O4. The molecule has 0 bridgehead atoms. The van der Waals surface area contributed by atoms with Crippen molar-refractivity contribution in [1.29, 1.82) is 0 Å². The molecule has 146 valence electrons. The van der Waals surface area contributed by atoms with E-state index in [0.29, 0.717) is 6.42 Å². The first-order valence-electron chi connectivity index (χ1n) is 9.93. The third-order valence-corrected chi connectivity index (χ3v) is 7.96. The third-order valence-electron chi connectivity index (χ3n) is 7.96. The fourth-order valence-corrected chi connectivity index (χ4v) is 6.52. The Kier molecular flexibility index (Phi) is 4.46. The number of ether oxygens (including phenoxy) is 2. The molecule has 3 aliphatic rings. The number of Topliss-reactive ketones (excluding diaryl/α,β-unsaturated/α-hetero) is 1. The van der Waals surface area contributed by atoms with Gasteiger partial charge in [-0.15, -0.1) is 6.58 Å². The summed E-state index contributed by atoms with van der Waals surface area (Å²) < 4.78 is 12.4. The van der Waals surface area contributed by atoms with Crippen LogP contribution in [0.15, 0.2) is 12.7 Å². The van der Waals surface area contributed by atoms with Crippen molar-refractivity contribution in [3.63, 3.8) is 0 Å². The number of rotatable bonds is 2. The number of carbonyl (C=O) groups is 2. The molecule has 0 N–H and O–H groups in total. The molecule has 2 aliphatic carbocycles. The molecule has 3 rings (SSSR count). The van der Waals surface area contributed by atoms with Gasteiger partial charge in [-0.3, -0.25) is 9.59 Å². The summed E-state index contributed by atoms with van der Waals surface area (Å²) in [6, 6.07) is 0. The van der Waals surface area contributed by atoms with E-state index in [1.165, 1.54) is 6.92 Å². The Balaban J connectivity index is 2.06. The molecule has 1 saturated heterocycles. The molecule has 0 aromatic rings. The maximum absolute atomic E-state index is 12.9. The Labute approximate surface area is 157 Å². The largest absolute Gasteiger partial charge is 0.461 e. The summed E-state index contributed by atoms with van der Waals surface area (Å²) in [7, 11) is 0. The Bertz CT molecular complexity index is 638. The van der Waals surface area contributed by atoms with Crippen LogP contribution in [0.5, 0.6) is 0 Å². The lowest BCUT2D eigenvalue weighted by Gasteiger charge is -2.66. The van der Waals surface area contributed by atoms with Gasteiger partial charge in [-0.1, -0.05) is 26.8 Å². The van der Waals surface area contributed by atoms with Crippen LogP contribution in [0, 0.1) is 22.7 Å². The van der Waals surface area contributed by atoms with Crippen molar-refractivity contribution in [2.24, 2.45) is 22.7 Å². The Morgan fingerprint density at radius 2 is 1.77 bits per heavy atom. The van der Waals surface area contributed by atoms with Gasteiger partial charge < -0.3 is 9.47 Å². The van der Waals surface area contributed by atoms with E-state index in [4.69, 9.17) is 9.47 Å². The molecule has 6 atom stereocenters. The highest BCUT2D eigenvalue weighted by atomic mass is 16.5. The van der Waals surface area contributed by atoms with Crippen LogP contribution in [0.4, 0.5) is 0 Å². The van der Waals surface area contributed by atoms with Gasteiger partial charge in [-0.25, -0.2) is 0 Å². The SMILES string of the molecule is C=C[C@@]1(C)CC[C@H]2[C@]3(C)[C@@H](OC(C)=O)CC(=O)C(C)(C)[C@H]3CC[C@]2(C)O1. The maximum Gasteiger partial charge on any atom is 0.302 e. The zero-order chi connectivity index (χ0) is 19.5. The molecule has 2 saturated carbocycles. The maximum atomic E-state index is 12.9. The fraction of sp³-hybridized carbons (Fsp3) is 0.818. The quantitative estimate of drug-likeness (QED) is 0.537. The highest BCUT2D eigenvalue weighted by Gasteiger charge is 2.67. The van der Waals surface area contributed by atoms with Crippen LogP contribution in [-0.2, 0) is 19.1 Å². The van der Waals surface area contributed by atoms with Crippen LogP contribution in [0.25, 0.3) is 0 Å². The van der Waals surface area contributed by atoms with Crippen LogP contribution in [-0.4, -0.2) is 29.1 Å². The molecular weight excluding hydrogens is 328 g/mol. The topological polar surface area (TPSA) is 52.6 Å². The van der Waals surface area contributed by atoms with E-state index in [1.807, 2.05) is 6.08 Å². The highest BCUT2D eigenvalue weighted by Crippen LogP contribution is 2.65. The molecule has 0 spiro atoms. The average molecular weight is 363 g/mol. The van der Waals surface area contributed by atoms with Crippen molar-refractivity contribution in [1.82, 2.24) is 0 Å². The monoisotopic (exact) mass is 362 g/mol. The molecule has 0 aromatic carbocycles. The van der Waals surface area contributed by atoms with Crippen molar-refractivity contribution in [3.8, 4) is 0 Å². The van der Waals surface area contributed by atoms with E-state index in [-0.39, 0.29) is 46.3 Å². The van der Waals surface area contributed by atoms with Crippen LogP contribution in [0.1, 0.15) is 73.6 Å². The zero-order valence-corrected chi connectivity index (χ0v) is 17.2.